The summed E-state index contributed by atoms with van der Waals surface area (Å²) in [5.41, 5.74) is 0.0598. The molecule has 100 valence electrons. The summed E-state index contributed by atoms with van der Waals surface area (Å²) in [6, 6.07) is 5.07. The van der Waals surface area contributed by atoms with E-state index in [2.05, 4.69) is 16.6 Å². The standard InChI is InChI=1S/C12H11FN2O3S/c1-9(8-14)19(17,18)15-11-4-5-12(13)10(7-11)3-2-6-16/h4-5,7,9,15-16H,6H2,1H3. The highest BCUT2D eigenvalue weighted by molar-refractivity contribution is 7.93. The van der Waals surface area contributed by atoms with Crippen LogP contribution >= 0.6 is 0 Å². The molecule has 0 spiro atoms. The Bertz CT molecular complexity index is 668. The maximum atomic E-state index is 13.3. The van der Waals surface area contributed by atoms with E-state index in [0.717, 1.165) is 6.07 Å². The predicted octanol–water partition coefficient (Wildman–Crippen LogP) is 0.823. The normalized spacial score (nSPS) is 11.9. The number of anilines is 1. The second-order valence-corrected chi connectivity index (χ2v) is 5.57. The van der Waals surface area contributed by atoms with Crippen molar-refractivity contribution >= 4 is 15.7 Å². The number of hydrogen-bond donors (Lipinski definition) is 2. The highest BCUT2D eigenvalue weighted by atomic mass is 32.2. The third-order valence-corrected chi connectivity index (χ3v) is 3.73. The Balaban J connectivity index is 3.08. The number of rotatable bonds is 3. The largest absolute Gasteiger partial charge is 0.384 e. The van der Waals surface area contributed by atoms with Crippen LogP contribution in [-0.2, 0) is 10.0 Å². The van der Waals surface area contributed by atoms with Crippen molar-refractivity contribution in [3.8, 4) is 17.9 Å². The van der Waals surface area contributed by atoms with Crippen LogP contribution in [0.4, 0.5) is 10.1 Å². The molecular weight excluding hydrogens is 271 g/mol. The lowest BCUT2D eigenvalue weighted by molar-refractivity contribution is 0.350. The Kier molecular flexibility index (Phi) is 4.87. The summed E-state index contributed by atoms with van der Waals surface area (Å²) in [7, 11) is -3.84. The average Bonchev–Trinajstić information content (AvgIpc) is 2.38. The lowest BCUT2D eigenvalue weighted by Gasteiger charge is -2.09. The van der Waals surface area contributed by atoms with Crippen LogP contribution in [0.2, 0.25) is 0 Å². The van der Waals surface area contributed by atoms with E-state index in [0.29, 0.717) is 0 Å². The maximum absolute atomic E-state index is 13.3. The first-order valence-corrected chi connectivity index (χ1v) is 6.76. The Morgan fingerprint density at radius 1 is 1.53 bits per heavy atom. The van der Waals surface area contributed by atoms with Crippen LogP contribution in [0.5, 0.6) is 0 Å². The summed E-state index contributed by atoms with van der Waals surface area (Å²) in [5.74, 6) is 3.99. The van der Waals surface area contributed by atoms with Crippen molar-refractivity contribution in [1.29, 1.82) is 5.26 Å². The molecule has 2 N–H and O–H groups in total. The van der Waals surface area contributed by atoms with Gasteiger partial charge < -0.3 is 5.11 Å². The number of halogens is 1. The van der Waals surface area contributed by atoms with Crippen LogP contribution in [-0.4, -0.2) is 25.4 Å². The number of hydrogen-bond acceptors (Lipinski definition) is 4. The van der Waals surface area contributed by atoms with Gasteiger partial charge in [0.15, 0.2) is 5.25 Å². The van der Waals surface area contributed by atoms with E-state index >= 15 is 0 Å². The SMILES string of the molecule is CC(C#N)S(=O)(=O)Nc1ccc(F)c(C#CCO)c1. The van der Waals surface area contributed by atoms with Crippen LogP contribution in [0.1, 0.15) is 12.5 Å². The van der Waals surface area contributed by atoms with Gasteiger partial charge in [-0.2, -0.15) is 5.26 Å². The molecule has 1 atom stereocenters. The van der Waals surface area contributed by atoms with Crippen molar-refractivity contribution in [3.63, 3.8) is 0 Å². The van der Waals surface area contributed by atoms with Crippen molar-refractivity contribution in [2.75, 3.05) is 11.3 Å². The van der Waals surface area contributed by atoms with Crippen molar-refractivity contribution in [2.45, 2.75) is 12.2 Å². The van der Waals surface area contributed by atoms with Crippen molar-refractivity contribution < 1.29 is 17.9 Å². The maximum Gasteiger partial charge on any atom is 0.248 e. The van der Waals surface area contributed by atoms with Gasteiger partial charge in [0.2, 0.25) is 10.0 Å². The molecule has 7 heteroatoms. The van der Waals surface area contributed by atoms with Crippen LogP contribution in [0.25, 0.3) is 0 Å². The minimum Gasteiger partial charge on any atom is -0.384 e. The fourth-order valence-electron chi connectivity index (χ4n) is 1.14. The van der Waals surface area contributed by atoms with Gasteiger partial charge in [0, 0.05) is 5.69 Å². The topological polar surface area (TPSA) is 90.2 Å². The van der Waals surface area contributed by atoms with Gasteiger partial charge in [-0.25, -0.2) is 12.8 Å². The Morgan fingerprint density at radius 3 is 2.79 bits per heavy atom. The molecule has 0 amide bonds. The summed E-state index contributed by atoms with van der Waals surface area (Å²) in [6.45, 7) is 0.805. The molecular formula is C12H11FN2O3S. The molecule has 5 nitrogen and oxygen atoms in total. The molecule has 0 aliphatic carbocycles. The molecule has 0 bridgehead atoms. The Hall–Kier alpha value is -2.09. The second-order valence-electron chi connectivity index (χ2n) is 3.57. The predicted molar refractivity (Wildman–Crippen MR) is 68.0 cm³/mol. The van der Waals surface area contributed by atoms with Crippen molar-refractivity contribution in [2.24, 2.45) is 0 Å². The minimum atomic E-state index is -3.84. The third kappa shape index (κ3) is 3.95. The highest BCUT2D eigenvalue weighted by Crippen LogP contribution is 2.16. The van der Waals surface area contributed by atoms with E-state index in [9.17, 15) is 12.8 Å². The number of sulfonamides is 1. The van der Waals surface area contributed by atoms with Gasteiger partial charge in [-0.1, -0.05) is 11.8 Å². The Morgan fingerprint density at radius 2 is 2.21 bits per heavy atom. The van der Waals surface area contributed by atoms with E-state index in [1.54, 1.807) is 6.07 Å². The Labute approximate surface area is 110 Å². The van der Waals surface area contributed by atoms with E-state index in [4.69, 9.17) is 10.4 Å². The van der Waals surface area contributed by atoms with Crippen LogP contribution in [0.15, 0.2) is 18.2 Å². The summed E-state index contributed by atoms with van der Waals surface area (Å²) < 4.78 is 38.8. The molecule has 1 aromatic carbocycles. The zero-order valence-corrected chi connectivity index (χ0v) is 10.8. The second kappa shape index (κ2) is 6.19. The number of nitriles is 1. The van der Waals surface area contributed by atoms with Crippen molar-refractivity contribution in [1.82, 2.24) is 0 Å². The van der Waals surface area contributed by atoms with Gasteiger partial charge in [0.25, 0.3) is 0 Å². The molecule has 1 rings (SSSR count). The van der Waals surface area contributed by atoms with Gasteiger partial charge in [-0.3, -0.25) is 4.72 Å². The number of aliphatic hydroxyl groups excluding tert-OH is 1. The molecule has 0 aliphatic rings. The van der Waals surface area contributed by atoms with Crippen molar-refractivity contribution in [3.05, 3.63) is 29.6 Å². The molecule has 0 aromatic heterocycles. The molecule has 1 aromatic rings. The minimum absolute atomic E-state index is 0.0427. The molecule has 0 radical (unpaired) electrons. The van der Waals surface area contributed by atoms with E-state index < -0.39 is 27.7 Å². The quantitative estimate of drug-likeness (QED) is 0.803. The molecule has 19 heavy (non-hydrogen) atoms. The summed E-state index contributed by atoms with van der Waals surface area (Å²) in [4.78, 5) is 0. The van der Waals surface area contributed by atoms with Gasteiger partial charge in [0.1, 0.15) is 12.4 Å². The molecule has 0 heterocycles. The first kappa shape index (κ1) is 15.0. The number of benzene rings is 1. The summed E-state index contributed by atoms with van der Waals surface area (Å²) in [6.07, 6.45) is 0. The molecule has 0 saturated carbocycles. The van der Waals surface area contributed by atoms with Gasteiger partial charge in [0.05, 0.1) is 11.6 Å². The molecule has 0 fully saturated rings. The summed E-state index contributed by atoms with van der Waals surface area (Å²) >= 11 is 0. The monoisotopic (exact) mass is 282 g/mol. The zero-order valence-electron chi connectivity index (χ0n) is 10.0. The molecule has 1 unspecified atom stereocenters. The van der Waals surface area contributed by atoms with Crippen LogP contribution in [0, 0.1) is 29.0 Å². The molecule has 0 aliphatic heterocycles. The number of aliphatic hydroxyl groups is 1. The molecule has 0 saturated heterocycles. The fraction of sp³-hybridized carbons (Fsp3) is 0.250. The van der Waals surface area contributed by atoms with Gasteiger partial charge in [-0.15, -0.1) is 0 Å². The summed E-state index contributed by atoms with van der Waals surface area (Å²) in [5, 5.41) is 15.9. The van der Waals surface area contributed by atoms with E-state index in [1.807, 2.05) is 0 Å². The van der Waals surface area contributed by atoms with Crippen LogP contribution in [0.3, 0.4) is 0 Å². The third-order valence-electron chi connectivity index (χ3n) is 2.18. The first-order valence-electron chi connectivity index (χ1n) is 5.21. The fourth-order valence-corrected chi connectivity index (χ4v) is 1.91. The van der Waals surface area contributed by atoms with Gasteiger partial charge >= 0.3 is 0 Å². The number of nitrogens with one attached hydrogen (secondary N) is 1. The smallest absolute Gasteiger partial charge is 0.248 e. The average molecular weight is 282 g/mol. The van der Waals surface area contributed by atoms with Crippen LogP contribution < -0.4 is 4.72 Å². The number of nitrogens with zero attached hydrogens (tertiary/aromatic N) is 1. The zero-order chi connectivity index (χ0) is 14.5. The van der Waals surface area contributed by atoms with Gasteiger partial charge in [-0.05, 0) is 25.1 Å². The first-order chi connectivity index (χ1) is 8.90. The van der Waals surface area contributed by atoms with E-state index in [1.165, 1.54) is 19.1 Å². The lowest BCUT2D eigenvalue weighted by Crippen LogP contribution is -2.23. The lowest BCUT2D eigenvalue weighted by atomic mass is 10.2. The highest BCUT2D eigenvalue weighted by Gasteiger charge is 2.20. The van der Waals surface area contributed by atoms with E-state index in [-0.39, 0.29) is 11.3 Å².